The van der Waals surface area contributed by atoms with E-state index in [-0.39, 0.29) is 29.4 Å². The van der Waals surface area contributed by atoms with E-state index in [4.69, 9.17) is 10.3 Å². The van der Waals surface area contributed by atoms with Crippen LogP contribution in [0.5, 0.6) is 0 Å². The molecule has 8 nitrogen and oxygen atoms in total. The summed E-state index contributed by atoms with van der Waals surface area (Å²) in [5.74, 6) is 0.227. The number of carbonyl (C=O) groups excluding carboxylic acids is 1. The fourth-order valence-corrected chi connectivity index (χ4v) is 5.04. The summed E-state index contributed by atoms with van der Waals surface area (Å²) in [5.41, 5.74) is 7.71. The number of nitrogens with zero attached hydrogens (tertiary/aromatic N) is 4. The largest absolute Gasteiger partial charge is 0.444 e. The highest BCUT2D eigenvalue weighted by molar-refractivity contribution is 7.91. The van der Waals surface area contributed by atoms with Gasteiger partial charge in [0.15, 0.2) is 0 Å². The molecule has 2 aliphatic heterocycles. The summed E-state index contributed by atoms with van der Waals surface area (Å²) in [7, 11) is -2.99. The maximum Gasteiger partial charge on any atom is 0.410 e. The molecule has 9 heteroatoms. The van der Waals surface area contributed by atoms with Gasteiger partial charge in [0.1, 0.15) is 15.4 Å². The Hall–Kier alpha value is -1.47. The zero-order chi connectivity index (χ0) is 17.3. The Labute approximate surface area is 136 Å². The zero-order valence-electron chi connectivity index (χ0n) is 13.9. The van der Waals surface area contributed by atoms with Crippen LogP contribution < -0.4 is 0 Å². The van der Waals surface area contributed by atoms with Gasteiger partial charge in [-0.3, -0.25) is 0 Å². The van der Waals surface area contributed by atoms with Crippen molar-refractivity contribution in [2.75, 3.05) is 31.1 Å². The van der Waals surface area contributed by atoms with E-state index in [1.807, 2.05) is 0 Å². The number of likely N-dealkylation sites (tertiary alicyclic amines) is 1. The molecule has 2 saturated heterocycles. The topological polar surface area (TPSA) is 112 Å². The lowest BCUT2D eigenvalue weighted by molar-refractivity contribution is 0.0270. The van der Waals surface area contributed by atoms with E-state index in [0.29, 0.717) is 25.9 Å². The molecule has 2 aliphatic rings. The van der Waals surface area contributed by atoms with Gasteiger partial charge in [-0.15, -0.1) is 0 Å². The van der Waals surface area contributed by atoms with Gasteiger partial charge in [-0.1, -0.05) is 5.11 Å². The van der Waals surface area contributed by atoms with E-state index in [0.717, 1.165) is 0 Å². The molecule has 2 fully saturated rings. The minimum absolute atomic E-state index is 0.0265. The molecule has 2 rings (SSSR count). The second-order valence-corrected chi connectivity index (χ2v) is 9.79. The lowest BCUT2D eigenvalue weighted by Crippen LogP contribution is -2.41. The molecular formula is C14H24N4O4S. The standard InChI is InChI=1S/C14H24N4O4S/c1-13(2,3)22-12(19)18-9-11(8-16-17-15)14(10-18)4-6-23(20,21)7-5-14/h11H,4-10H2,1-3H3. The van der Waals surface area contributed by atoms with Gasteiger partial charge in [0.25, 0.3) is 0 Å². The first-order chi connectivity index (χ1) is 10.6. The molecule has 0 aromatic heterocycles. The third kappa shape index (κ3) is 4.29. The Morgan fingerprint density at radius 2 is 2.00 bits per heavy atom. The average molecular weight is 344 g/mol. The van der Waals surface area contributed by atoms with Crippen molar-refractivity contribution in [2.45, 2.75) is 39.2 Å². The first kappa shape index (κ1) is 17.9. The van der Waals surface area contributed by atoms with Crippen molar-refractivity contribution < 1.29 is 17.9 Å². The summed E-state index contributed by atoms with van der Waals surface area (Å²) in [6, 6.07) is 0. The van der Waals surface area contributed by atoms with Gasteiger partial charge in [-0.25, -0.2) is 13.2 Å². The lowest BCUT2D eigenvalue weighted by atomic mass is 9.73. The molecule has 23 heavy (non-hydrogen) atoms. The maximum absolute atomic E-state index is 12.3. The SMILES string of the molecule is CC(C)(C)OC(=O)N1CC(CN=[N+]=[N-])C2(CCS(=O)(=O)CC2)C1. The molecule has 1 spiro atoms. The van der Waals surface area contributed by atoms with Gasteiger partial charge in [0.2, 0.25) is 0 Å². The van der Waals surface area contributed by atoms with Crippen LogP contribution in [0.1, 0.15) is 33.6 Å². The van der Waals surface area contributed by atoms with Gasteiger partial charge >= 0.3 is 6.09 Å². The van der Waals surface area contributed by atoms with Crippen LogP contribution in [0.15, 0.2) is 5.11 Å². The first-order valence-electron chi connectivity index (χ1n) is 7.76. The first-order valence-corrected chi connectivity index (χ1v) is 9.58. The highest BCUT2D eigenvalue weighted by Crippen LogP contribution is 2.45. The molecule has 0 aromatic rings. The Morgan fingerprint density at radius 1 is 1.39 bits per heavy atom. The molecule has 1 unspecified atom stereocenters. The van der Waals surface area contributed by atoms with E-state index in [2.05, 4.69) is 10.0 Å². The van der Waals surface area contributed by atoms with Crippen molar-refractivity contribution in [3.05, 3.63) is 10.4 Å². The number of ether oxygens (including phenoxy) is 1. The van der Waals surface area contributed by atoms with Crippen molar-refractivity contribution in [1.82, 2.24) is 4.90 Å². The minimum Gasteiger partial charge on any atom is -0.444 e. The van der Waals surface area contributed by atoms with E-state index >= 15 is 0 Å². The van der Waals surface area contributed by atoms with Crippen LogP contribution in [0.2, 0.25) is 0 Å². The molecule has 1 amide bonds. The molecule has 0 aliphatic carbocycles. The van der Waals surface area contributed by atoms with Gasteiger partial charge in [0.05, 0.1) is 11.5 Å². The Kier molecular flexibility index (Phi) is 4.82. The second-order valence-electron chi connectivity index (χ2n) is 7.49. The van der Waals surface area contributed by atoms with Crippen LogP contribution in [0.25, 0.3) is 10.4 Å². The number of hydrogen-bond acceptors (Lipinski definition) is 5. The summed E-state index contributed by atoms with van der Waals surface area (Å²) < 4.78 is 28.9. The highest BCUT2D eigenvalue weighted by Gasteiger charge is 2.50. The number of sulfone groups is 1. The average Bonchev–Trinajstić information content (AvgIpc) is 2.78. The van der Waals surface area contributed by atoms with Gasteiger partial charge in [-0.2, -0.15) is 0 Å². The van der Waals surface area contributed by atoms with E-state index in [9.17, 15) is 13.2 Å². The van der Waals surface area contributed by atoms with E-state index in [1.165, 1.54) is 0 Å². The molecule has 0 aromatic carbocycles. The molecule has 0 bridgehead atoms. The number of amides is 1. The summed E-state index contributed by atoms with van der Waals surface area (Å²) in [4.78, 5) is 16.7. The monoisotopic (exact) mass is 344 g/mol. The molecule has 1 atom stereocenters. The molecule has 0 radical (unpaired) electrons. The van der Waals surface area contributed by atoms with Crippen LogP contribution in [0.3, 0.4) is 0 Å². The van der Waals surface area contributed by atoms with Crippen LogP contribution in [0, 0.1) is 11.3 Å². The number of rotatable bonds is 2. The lowest BCUT2D eigenvalue weighted by Gasteiger charge is -2.37. The van der Waals surface area contributed by atoms with Gasteiger partial charge < -0.3 is 9.64 Å². The fourth-order valence-electron chi connectivity index (χ4n) is 3.40. The zero-order valence-corrected chi connectivity index (χ0v) is 14.7. The quantitative estimate of drug-likeness (QED) is 0.434. The second kappa shape index (κ2) is 6.20. The normalized spacial score (nSPS) is 25.9. The molecule has 2 heterocycles. The molecule has 0 N–H and O–H groups in total. The number of azide groups is 1. The van der Waals surface area contributed by atoms with Crippen molar-refractivity contribution in [3.63, 3.8) is 0 Å². The summed E-state index contributed by atoms with van der Waals surface area (Å²) >= 11 is 0. The minimum atomic E-state index is -2.99. The third-order valence-corrected chi connectivity index (χ3v) is 6.30. The maximum atomic E-state index is 12.3. The van der Waals surface area contributed by atoms with Crippen LogP contribution in [-0.2, 0) is 14.6 Å². The third-order valence-electron chi connectivity index (χ3n) is 4.65. The van der Waals surface area contributed by atoms with Crippen LogP contribution >= 0.6 is 0 Å². The summed E-state index contributed by atoms with van der Waals surface area (Å²) in [5, 5.41) is 3.66. The summed E-state index contributed by atoms with van der Waals surface area (Å²) in [6.07, 6.45) is 0.606. The number of hydrogen-bond donors (Lipinski definition) is 0. The Morgan fingerprint density at radius 3 is 2.52 bits per heavy atom. The Balaban J connectivity index is 2.16. The van der Waals surface area contributed by atoms with Crippen LogP contribution in [0.4, 0.5) is 4.79 Å². The van der Waals surface area contributed by atoms with Crippen molar-refractivity contribution in [3.8, 4) is 0 Å². The van der Waals surface area contributed by atoms with E-state index in [1.54, 1.807) is 25.7 Å². The van der Waals surface area contributed by atoms with Crippen molar-refractivity contribution in [1.29, 1.82) is 0 Å². The van der Waals surface area contributed by atoms with Crippen molar-refractivity contribution >= 4 is 15.9 Å². The van der Waals surface area contributed by atoms with E-state index < -0.39 is 21.5 Å². The van der Waals surface area contributed by atoms with Crippen LogP contribution in [-0.4, -0.2) is 56.2 Å². The fraction of sp³-hybridized carbons (Fsp3) is 0.929. The molecular weight excluding hydrogens is 320 g/mol. The highest BCUT2D eigenvalue weighted by atomic mass is 32.2. The molecule has 0 saturated carbocycles. The predicted molar refractivity (Wildman–Crippen MR) is 85.6 cm³/mol. The molecule has 130 valence electrons. The number of carbonyl (C=O) groups is 1. The van der Waals surface area contributed by atoms with Gasteiger partial charge in [0, 0.05) is 24.5 Å². The Bertz CT molecular complexity index is 605. The smallest absolute Gasteiger partial charge is 0.410 e. The predicted octanol–water partition coefficient (Wildman–Crippen LogP) is 2.36. The van der Waals surface area contributed by atoms with Crippen molar-refractivity contribution in [2.24, 2.45) is 16.4 Å². The van der Waals surface area contributed by atoms with Gasteiger partial charge in [-0.05, 0) is 50.5 Å². The summed E-state index contributed by atoms with van der Waals surface area (Å²) in [6.45, 7) is 6.59.